The van der Waals surface area contributed by atoms with Crippen molar-refractivity contribution in [1.82, 2.24) is 0 Å². The van der Waals surface area contributed by atoms with E-state index in [1.807, 2.05) is 24.3 Å². The molecule has 4 nitrogen and oxygen atoms in total. The molecule has 3 heterocycles. The molecule has 3 aromatic heterocycles. The standard InChI is InChI=1S/C52H31NO3/c1-2-10-32(11-3-1)33-20-26-36(27-21-33)53(41-15-9-19-44-49(41)39-12-4-6-16-42(39)54-44)37-28-22-34(23-29-37)38-14-8-18-45-50(38)52-47(56-45)31-25-35-24-30-46-51(48(35)52)40-13-5-7-17-43(40)55-46/h1-31H. The Bertz CT molecular complexity index is 3460. The fourth-order valence-electron chi connectivity index (χ4n) is 8.77. The second-order valence-electron chi connectivity index (χ2n) is 14.4. The van der Waals surface area contributed by atoms with E-state index >= 15 is 0 Å². The van der Waals surface area contributed by atoms with Gasteiger partial charge >= 0.3 is 0 Å². The van der Waals surface area contributed by atoms with Crippen molar-refractivity contribution in [2.24, 2.45) is 0 Å². The first-order valence-corrected chi connectivity index (χ1v) is 18.9. The molecular weight excluding hydrogens is 687 g/mol. The molecule has 0 radical (unpaired) electrons. The van der Waals surface area contributed by atoms with Gasteiger partial charge in [0, 0.05) is 43.7 Å². The van der Waals surface area contributed by atoms with Crippen LogP contribution in [0.25, 0.3) is 98.8 Å². The summed E-state index contributed by atoms with van der Waals surface area (Å²) in [5.74, 6) is 0. The number of benzene rings is 9. The summed E-state index contributed by atoms with van der Waals surface area (Å²) in [6.45, 7) is 0. The minimum Gasteiger partial charge on any atom is -0.456 e. The molecular formula is C52H31NO3. The lowest BCUT2D eigenvalue weighted by atomic mass is 9.94. The van der Waals surface area contributed by atoms with Crippen LogP contribution < -0.4 is 4.90 Å². The maximum atomic E-state index is 6.60. The molecule has 0 aliphatic rings. The molecule has 12 rings (SSSR count). The van der Waals surface area contributed by atoms with Gasteiger partial charge in [-0.25, -0.2) is 0 Å². The number of anilines is 3. The van der Waals surface area contributed by atoms with Crippen LogP contribution in [0.5, 0.6) is 0 Å². The molecule has 0 fully saturated rings. The molecule has 0 amide bonds. The highest BCUT2D eigenvalue weighted by Crippen LogP contribution is 2.46. The van der Waals surface area contributed by atoms with Gasteiger partial charge in [0.05, 0.1) is 11.1 Å². The summed E-state index contributed by atoms with van der Waals surface area (Å²) in [6, 6.07) is 66.0. The highest BCUT2D eigenvalue weighted by Gasteiger charge is 2.22. The highest BCUT2D eigenvalue weighted by molar-refractivity contribution is 6.32. The zero-order valence-corrected chi connectivity index (χ0v) is 30.1. The molecule has 4 heteroatoms. The molecule has 0 bridgehead atoms. The van der Waals surface area contributed by atoms with E-state index in [2.05, 4.69) is 169 Å². The lowest BCUT2D eigenvalue weighted by molar-refractivity contribution is 0.668. The van der Waals surface area contributed by atoms with Crippen molar-refractivity contribution in [3.63, 3.8) is 0 Å². The van der Waals surface area contributed by atoms with E-state index in [1.54, 1.807) is 0 Å². The van der Waals surface area contributed by atoms with Crippen molar-refractivity contribution in [2.45, 2.75) is 0 Å². The summed E-state index contributed by atoms with van der Waals surface area (Å²) in [4.78, 5) is 2.34. The smallest absolute Gasteiger partial charge is 0.137 e. The molecule has 262 valence electrons. The first-order valence-electron chi connectivity index (χ1n) is 18.9. The second kappa shape index (κ2) is 12.0. The summed E-state index contributed by atoms with van der Waals surface area (Å²) in [6.07, 6.45) is 0. The second-order valence-corrected chi connectivity index (χ2v) is 14.4. The Morgan fingerprint density at radius 3 is 1.48 bits per heavy atom. The predicted molar refractivity (Wildman–Crippen MR) is 231 cm³/mol. The Morgan fingerprint density at radius 1 is 0.286 bits per heavy atom. The summed E-state index contributed by atoms with van der Waals surface area (Å²) >= 11 is 0. The number of para-hydroxylation sites is 2. The number of furan rings is 3. The summed E-state index contributed by atoms with van der Waals surface area (Å²) < 4.78 is 19.3. The van der Waals surface area contributed by atoms with Gasteiger partial charge < -0.3 is 18.2 Å². The number of rotatable bonds is 5. The SMILES string of the molecule is c1ccc(-c2ccc(N(c3ccc(-c4cccc5oc6ccc7ccc8oc9ccccc9c8c7c6c45)cc3)c3cccc4oc5ccccc5c34)cc2)cc1. The van der Waals surface area contributed by atoms with Crippen LogP contribution in [0.2, 0.25) is 0 Å². The van der Waals surface area contributed by atoms with Crippen molar-refractivity contribution < 1.29 is 13.3 Å². The third kappa shape index (κ3) is 4.60. The number of nitrogens with zero attached hydrogens (tertiary/aromatic N) is 1. The van der Waals surface area contributed by atoms with Gasteiger partial charge in [0.15, 0.2) is 0 Å². The molecule has 0 atom stereocenters. The van der Waals surface area contributed by atoms with E-state index in [4.69, 9.17) is 13.3 Å². The molecule has 56 heavy (non-hydrogen) atoms. The lowest BCUT2D eigenvalue weighted by Gasteiger charge is -2.26. The zero-order chi connectivity index (χ0) is 36.7. The molecule has 0 saturated carbocycles. The number of fused-ring (bicyclic) bond motifs is 12. The van der Waals surface area contributed by atoms with Crippen molar-refractivity contribution in [3.8, 4) is 22.3 Å². The van der Waals surface area contributed by atoms with Gasteiger partial charge in [0.25, 0.3) is 0 Å². The fourth-order valence-corrected chi connectivity index (χ4v) is 8.77. The fraction of sp³-hybridized carbons (Fsp3) is 0. The first kappa shape index (κ1) is 30.9. The van der Waals surface area contributed by atoms with E-state index in [1.165, 1.54) is 11.1 Å². The van der Waals surface area contributed by atoms with Crippen LogP contribution in [0.1, 0.15) is 0 Å². The molecule has 9 aromatic carbocycles. The maximum Gasteiger partial charge on any atom is 0.137 e. The van der Waals surface area contributed by atoms with Crippen LogP contribution in [0.15, 0.2) is 201 Å². The zero-order valence-electron chi connectivity index (χ0n) is 30.1. The average Bonchev–Trinajstić information content (AvgIpc) is 3.96. The monoisotopic (exact) mass is 717 g/mol. The van der Waals surface area contributed by atoms with Gasteiger partial charge in [-0.05, 0) is 94.4 Å². The maximum absolute atomic E-state index is 6.60. The number of hydrogen-bond acceptors (Lipinski definition) is 4. The predicted octanol–water partition coefficient (Wildman–Crippen LogP) is 15.3. The van der Waals surface area contributed by atoms with Gasteiger partial charge in [-0.2, -0.15) is 0 Å². The van der Waals surface area contributed by atoms with Crippen molar-refractivity contribution >= 4 is 93.7 Å². The highest BCUT2D eigenvalue weighted by atomic mass is 16.3. The minimum absolute atomic E-state index is 0.858. The topological polar surface area (TPSA) is 42.7 Å². The summed E-state index contributed by atoms with van der Waals surface area (Å²) in [7, 11) is 0. The molecule has 0 aliphatic heterocycles. The molecule has 0 N–H and O–H groups in total. The van der Waals surface area contributed by atoms with Crippen molar-refractivity contribution in [2.75, 3.05) is 4.90 Å². The molecule has 0 saturated heterocycles. The number of hydrogen-bond donors (Lipinski definition) is 0. The third-order valence-electron chi connectivity index (χ3n) is 11.3. The van der Waals surface area contributed by atoms with E-state index in [-0.39, 0.29) is 0 Å². The quantitative estimate of drug-likeness (QED) is 0.178. The van der Waals surface area contributed by atoms with Gasteiger partial charge in [-0.15, -0.1) is 0 Å². The molecule has 0 aliphatic carbocycles. The van der Waals surface area contributed by atoms with Crippen LogP contribution in [-0.2, 0) is 0 Å². The Hall–Kier alpha value is -7.56. The van der Waals surface area contributed by atoms with E-state index in [0.717, 1.165) is 105 Å². The third-order valence-corrected chi connectivity index (χ3v) is 11.3. The molecule has 0 spiro atoms. The van der Waals surface area contributed by atoms with Gasteiger partial charge in [-0.3, -0.25) is 0 Å². The Morgan fingerprint density at radius 2 is 0.786 bits per heavy atom. The lowest BCUT2D eigenvalue weighted by Crippen LogP contribution is -2.10. The minimum atomic E-state index is 0.858. The van der Waals surface area contributed by atoms with Gasteiger partial charge in [0.2, 0.25) is 0 Å². The summed E-state index contributed by atoms with van der Waals surface area (Å²) in [5, 5.41) is 8.90. The van der Waals surface area contributed by atoms with E-state index in [0.29, 0.717) is 0 Å². The molecule has 12 aromatic rings. The Kier molecular flexibility index (Phi) is 6.60. The van der Waals surface area contributed by atoms with Crippen LogP contribution in [0.4, 0.5) is 17.1 Å². The Labute approximate surface area is 321 Å². The van der Waals surface area contributed by atoms with Gasteiger partial charge in [0.1, 0.15) is 33.5 Å². The first-order chi connectivity index (χ1) is 27.8. The van der Waals surface area contributed by atoms with Gasteiger partial charge in [-0.1, -0.05) is 121 Å². The van der Waals surface area contributed by atoms with Crippen LogP contribution >= 0.6 is 0 Å². The normalized spacial score (nSPS) is 11.9. The van der Waals surface area contributed by atoms with Crippen molar-refractivity contribution in [1.29, 1.82) is 0 Å². The average molecular weight is 718 g/mol. The molecule has 0 unspecified atom stereocenters. The van der Waals surface area contributed by atoms with E-state index in [9.17, 15) is 0 Å². The van der Waals surface area contributed by atoms with Crippen LogP contribution in [-0.4, -0.2) is 0 Å². The van der Waals surface area contributed by atoms with E-state index < -0.39 is 0 Å². The largest absolute Gasteiger partial charge is 0.456 e. The summed E-state index contributed by atoms with van der Waals surface area (Å²) in [5.41, 5.74) is 12.9. The van der Waals surface area contributed by atoms with Crippen LogP contribution in [0, 0.1) is 0 Å². The van der Waals surface area contributed by atoms with Crippen LogP contribution in [0.3, 0.4) is 0 Å². The van der Waals surface area contributed by atoms with Crippen molar-refractivity contribution in [3.05, 3.63) is 188 Å². The Balaban J connectivity index is 1.06.